The van der Waals surface area contributed by atoms with E-state index in [0.29, 0.717) is 32.6 Å². The van der Waals surface area contributed by atoms with Crippen molar-refractivity contribution in [1.82, 2.24) is 30.1 Å². The number of nitrogens with two attached hydrogens (primary N) is 2. The molecule has 2 aliphatic heterocycles. The number of hydrazine groups is 2. The first-order chi connectivity index (χ1) is 17.8. The number of carbonyl (C=O) groups excluding carboxylic acids is 3. The first-order valence-electron chi connectivity index (χ1n) is 12.4. The third-order valence-electron chi connectivity index (χ3n) is 6.89. The highest BCUT2D eigenvalue weighted by molar-refractivity contribution is 5.88. The summed E-state index contributed by atoms with van der Waals surface area (Å²) in [5, 5.41) is 7.77. The van der Waals surface area contributed by atoms with Gasteiger partial charge in [-0.25, -0.2) is 19.8 Å². The Morgan fingerprint density at radius 3 is 2.65 bits per heavy atom. The van der Waals surface area contributed by atoms with Gasteiger partial charge in [-0.3, -0.25) is 15.4 Å². The Morgan fingerprint density at radius 2 is 1.97 bits per heavy atom. The normalized spacial score (nSPS) is 24.6. The second-order valence-corrected chi connectivity index (χ2v) is 9.57. The summed E-state index contributed by atoms with van der Waals surface area (Å²) in [5.74, 6) is 5.50. The van der Waals surface area contributed by atoms with Gasteiger partial charge in [-0.2, -0.15) is 0 Å². The van der Waals surface area contributed by atoms with Crippen LogP contribution in [0.25, 0.3) is 0 Å². The van der Waals surface area contributed by atoms with Crippen LogP contribution in [0.5, 0.6) is 0 Å². The van der Waals surface area contributed by atoms with E-state index in [1.54, 1.807) is 33.1 Å². The number of carbonyl (C=O) groups is 3. The first kappa shape index (κ1) is 26.6. The minimum Gasteiger partial charge on any atom is -0.337 e. The van der Waals surface area contributed by atoms with Crippen molar-refractivity contribution in [2.24, 2.45) is 11.6 Å². The lowest BCUT2D eigenvalue weighted by atomic mass is 9.98. The molecule has 3 atom stereocenters. The van der Waals surface area contributed by atoms with E-state index >= 15 is 0 Å². The van der Waals surface area contributed by atoms with Crippen LogP contribution in [0.4, 0.5) is 4.79 Å². The summed E-state index contributed by atoms with van der Waals surface area (Å²) in [6.07, 6.45) is 7.27. The Labute approximate surface area is 217 Å². The predicted molar refractivity (Wildman–Crippen MR) is 140 cm³/mol. The van der Waals surface area contributed by atoms with Gasteiger partial charge in [0.15, 0.2) is 0 Å². The molecule has 5 N–H and O–H groups in total. The van der Waals surface area contributed by atoms with Crippen molar-refractivity contribution < 1.29 is 14.4 Å². The quantitative estimate of drug-likeness (QED) is 0.268. The highest BCUT2D eigenvalue weighted by atomic mass is 16.2. The van der Waals surface area contributed by atoms with Crippen LogP contribution in [-0.4, -0.2) is 101 Å². The fourth-order valence-corrected chi connectivity index (χ4v) is 5.00. The SMILES string of the molecule is C=CCN1CC(=O)N2CC(=O)N(CC3=CC(N)C(N(C)N)C=C3)CC[C@@H]2N1C(=O)NCc1ccccc1. The minimum atomic E-state index is -0.584. The molecule has 198 valence electrons. The van der Waals surface area contributed by atoms with Gasteiger partial charge in [-0.15, -0.1) is 6.58 Å². The molecule has 4 amide bonds. The van der Waals surface area contributed by atoms with Gasteiger partial charge < -0.3 is 20.9 Å². The van der Waals surface area contributed by atoms with Gasteiger partial charge in [0, 0.05) is 45.7 Å². The maximum absolute atomic E-state index is 13.4. The standard InChI is InChI=1S/C26H36N8O3/c1-3-12-32-17-25(36)33-18-24(35)31(16-20-9-10-22(30(2)28)21(27)14-20)13-11-23(33)34(32)26(37)29-15-19-7-5-4-6-8-19/h3-10,14,21-23H,1,11-13,15-18,27-28H2,2H3,(H,29,37)/t21?,22?,23-/m0/s1. The lowest BCUT2D eigenvalue weighted by Gasteiger charge is -2.47. The molecule has 0 aromatic heterocycles. The molecule has 0 radical (unpaired) electrons. The summed E-state index contributed by atoms with van der Waals surface area (Å²) in [6.45, 7) is 5.12. The Kier molecular flexibility index (Phi) is 8.39. The van der Waals surface area contributed by atoms with Crippen LogP contribution in [0.2, 0.25) is 0 Å². The Balaban J connectivity index is 1.49. The van der Waals surface area contributed by atoms with Gasteiger partial charge in [0.25, 0.3) is 0 Å². The molecule has 3 aliphatic rings. The summed E-state index contributed by atoms with van der Waals surface area (Å²) >= 11 is 0. The van der Waals surface area contributed by atoms with E-state index in [-0.39, 0.29) is 43.0 Å². The van der Waals surface area contributed by atoms with Crippen molar-refractivity contribution in [2.75, 3.05) is 39.8 Å². The fourth-order valence-electron chi connectivity index (χ4n) is 5.00. The van der Waals surface area contributed by atoms with Crippen LogP contribution in [0.1, 0.15) is 12.0 Å². The lowest BCUT2D eigenvalue weighted by Crippen LogP contribution is -2.68. The number of rotatable bonds is 7. The summed E-state index contributed by atoms with van der Waals surface area (Å²) in [6, 6.07) is 8.88. The first-order valence-corrected chi connectivity index (χ1v) is 12.4. The average molecular weight is 509 g/mol. The van der Waals surface area contributed by atoms with Gasteiger partial charge in [-0.05, 0) is 11.1 Å². The van der Waals surface area contributed by atoms with Gasteiger partial charge >= 0.3 is 6.03 Å². The number of hydrogen-bond acceptors (Lipinski definition) is 7. The largest absolute Gasteiger partial charge is 0.337 e. The van der Waals surface area contributed by atoms with E-state index in [4.69, 9.17) is 11.6 Å². The monoisotopic (exact) mass is 508 g/mol. The zero-order valence-corrected chi connectivity index (χ0v) is 21.2. The Morgan fingerprint density at radius 1 is 1.22 bits per heavy atom. The van der Waals surface area contributed by atoms with E-state index in [1.807, 2.05) is 48.6 Å². The number of nitrogens with one attached hydrogen (secondary N) is 1. The molecule has 1 aliphatic carbocycles. The van der Waals surface area contributed by atoms with Crippen LogP contribution in [0.15, 0.2) is 66.8 Å². The maximum Gasteiger partial charge on any atom is 0.334 e. The van der Waals surface area contributed by atoms with Crippen molar-refractivity contribution in [2.45, 2.75) is 31.2 Å². The molecule has 2 saturated heterocycles. The van der Waals surface area contributed by atoms with Crippen LogP contribution in [0, 0.1) is 0 Å². The van der Waals surface area contributed by atoms with Crippen molar-refractivity contribution >= 4 is 17.8 Å². The number of urea groups is 1. The van der Waals surface area contributed by atoms with Gasteiger partial charge in [-0.1, -0.05) is 54.6 Å². The molecule has 37 heavy (non-hydrogen) atoms. The van der Waals surface area contributed by atoms with E-state index in [9.17, 15) is 14.4 Å². The highest BCUT2D eigenvalue weighted by Gasteiger charge is 2.44. The molecule has 1 aromatic rings. The molecule has 1 aromatic carbocycles. The predicted octanol–water partition coefficient (Wildman–Crippen LogP) is -0.000600. The summed E-state index contributed by atoms with van der Waals surface area (Å²) in [4.78, 5) is 42.9. The number of fused-ring (bicyclic) bond motifs is 1. The summed E-state index contributed by atoms with van der Waals surface area (Å²) < 4.78 is 0. The van der Waals surface area contributed by atoms with E-state index in [2.05, 4.69) is 11.9 Å². The molecule has 4 rings (SSSR count). The summed E-state index contributed by atoms with van der Waals surface area (Å²) in [5.41, 5.74) is 8.13. The van der Waals surface area contributed by atoms with Crippen LogP contribution >= 0.6 is 0 Å². The molecule has 0 bridgehead atoms. The van der Waals surface area contributed by atoms with Crippen molar-refractivity contribution in [3.8, 4) is 0 Å². The molecule has 0 spiro atoms. The zero-order chi connectivity index (χ0) is 26.5. The van der Waals surface area contributed by atoms with E-state index in [1.165, 1.54) is 4.90 Å². The average Bonchev–Trinajstić information content (AvgIpc) is 3.03. The zero-order valence-electron chi connectivity index (χ0n) is 21.2. The third kappa shape index (κ3) is 6.08. The molecule has 2 heterocycles. The number of benzene rings is 1. The molecular formula is C26H36N8O3. The highest BCUT2D eigenvalue weighted by Crippen LogP contribution is 2.24. The third-order valence-corrected chi connectivity index (χ3v) is 6.89. The summed E-state index contributed by atoms with van der Waals surface area (Å²) in [7, 11) is 1.76. The Hall–Kier alpha value is -3.51. The lowest BCUT2D eigenvalue weighted by molar-refractivity contribution is -0.166. The van der Waals surface area contributed by atoms with Crippen molar-refractivity contribution in [1.29, 1.82) is 0 Å². The smallest absolute Gasteiger partial charge is 0.334 e. The van der Waals surface area contributed by atoms with Crippen LogP contribution in [-0.2, 0) is 16.1 Å². The minimum absolute atomic E-state index is 0.00863. The second-order valence-electron chi connectivity index (χ2n) is 9.57. The van der Waals surface area contributed by atoms with Crippen molar-refractivity contribution in [3.05, 3.63) is 72.4 Å². The van der Waals surface area contributed by atoms with Crippen LogP contribution in [0.3, 0.4) is 0 Å². The van der Waals surface area contributed by atoms with E-state index < -0.39 is 6.17 Å². The molecule has 11 nitrogen and oxygen atoms in total. The van der Waals surface area contributed by atoms with Gasteiger partial charge in [0.05, 0.1) is 12.6 Å². The topological polar surface area (TPSA) is 131 Å². The number of nitrogens with zero attached hydrogens (tertiary/aromatic N) is 5. The Bertz CT molecular complexity index is 1070. The van der Waals surface area contributed by atoms with Gasteiger partial charge in [0.1, 0.15) is 12.7 Å². The molecule has 2 fully saturated rings. The number of amides is 4. The van der Waals surface area contributed by atoms with Crippen LogP contribution < -0.4 is 16.9 Å². The molecule has 11 heteroatoms. The molecule has 0 saturated carbocycles. The second kappa shape index (κ2) is 11.7. The number of hydrogen-bond donors (Lipinski definition) is 3. The van der Waals surface area contributed by atoms with Gasteiger partial charge in [0.2, 0.25) is 11.8 Å². The van der Waals surface area contributed by atoms with E-state index in [0.717, 1.165) is 11.1 Å². The molecule has 2 unspecified atom stereocenters. The molecular weight excluding hydrogens is 472 g/mol. The maximum atomic E-state index is 13.4. The number of likely N-dealkylation sites (N-methyl/N-ethyl adjacent to an activating group) is 1. The fraction of sp³-hybridized carbons (Fsp3) is 0.423. The van der Waals surface area contributed by atoms with Crippen molar-refractivity contribution in [3.63, 3.8) is 0 Å².